The molecular formula is C18H18F3NO5. The van der Waals surface area contributed by atoms with Gasteiger partial charge in [0.15, 0.2) is 11.5 Å². The molecular weight excluding hydrogens is 367 g/mol. The molecule has 0 heterocycles. The highest BCUT2D eigenvalue weighted by Gasteiger charge is 2.31. The number of carbonyl (C=O) groups is 1. The van der Waals surface area contributed by atoms with E-state index in [1.807, 2.05) is 0 Å². The molecule has 27 heavy (non-hydrogen) atoms. The van der Waals surface area contributed by atoms with Gasteiger partial charge in [-0.2, -0.15) is 0 Å². The number of amides is 1. The number of methoxy groups -OCH3 is 3. The molecule has 6 nitrogen and oxygen atoms in total. The quantitative estimate of drug-likeness (QED) is 0.786. The van der Waals surface area contributed by atoms with E-state index in [4.69, 9.17) is 14.2 Å². The second kappa shape index (κ2) is 8.52. The highest BCUT2D eigenvalue weighted by atomic mass is 19.4. The molecule has 0 aliphatic heterocycles. The summed E-state index contributed by atoms with van der Waals surface area (Å²) in [5.41, 5.74) is 0.888. The Morgan fingerprint density at radius 1 is 0.926 bits per heavy atom. The second-order valence-electron chi connectivity index (χ2n) is 5.29. The van der Waals surface area contributed by atoms with Crippen molar-refractivity contribution in [1.82, 2.24) is 0 Å². The molecule has 146 valence electrons. The Kier molecular flexibility index (Phi) is 6.38. The molecule has 0 unspecified atom stereocenters. The van der Waals surface area contributed by atoms with Gasteiger partial charge in [0, 0.05) is 11.3 Å². The summed E-state index contributed by atoms with van der Waals surface area (Å²) in [6.07, 6.45) is -4.81. The molecule has 0 saturated heterocycles. The van der Waals surface area contributed by atoms with E-state index in [2.05, 4.69) is 10.1 Å². The van der Waals surface area contributed by atoms with Crippen molar-refractivity contribution in [2.75, 3.05) is 26.6 Å². The molecule has 9 heteroatoms. The smallest absolute Gasteiger partial charge is 0.493 e. The van der Waals surface area contributed by atoms with Crippen LogP contribution in [0.15, 0.2) is 36.4 Å². The molecule has 0 fully saturated rings. The van der Waals surface area contributed by atoms with Gasteiger partial charge in [0.2, 0.25) is 11.7 Å². The molecule has 0 aromatic heterocycles. The van der Waals surface area contributed by atoms with E-state index < -0.39 is 6.36 Å². The van der Waals surface area contributed by atoms with Crippen LogP contribution in [0.2, 0.25) is 0 Å². The Morgan fingerprint density at radius 3 is 2.07 bits per heavy atom. The van der Waals surface area contributed by atoms with Crippen LogP contribution in [-0.2, 0) is 11.2 Å². The lowest BCUT2D eigenvalue weighted by molar-refractivity contribution is -0.274. The first-order chi connectivity index (χ1) is 12.8. The molecule has 2 rings (SSSR count). The summed E-state index contributed by atoms with van der Waals surface area (Å²) in [5, 5.41) is 2.59. The standard InChI is InChI=1S/C18H18F3NO5/c1-24-14-9-4-11(16(25-2)17(14)26-3)10-15(23)22-12-5-7-13(8-6-12)27-18(19,20)21/h4-9H,10H2,1-3H3,(H,22,23). The Hall–Kier alpha value is -3.10. The fourth-order valence-electron chi connectivity index (χ4n) is 2.42. The van der Waals surface area contributed by atoms with E-state index in [1.165, 1.54) is 33.5 Å². The van der Waals surface area contributed by atoms with Crippen molar-refractivity contribution in [2.45, 2.75) is 12.8 Å². The first-order valence-corrected chi connectivity index (χ1v) is 7.71. The number of carbonyl (C=O) groups excluding carboxylic acids is 1. The third-order valence-corrected chi connectivity index (χ3v) is 3.51. The van der Waals surface area contributed by atoms with Crippen molar-refractivity contribution in [1.29, 1.82) is 0 Å². The van der Waals surface area contributed by atoms with Crippen LogP contribution in [0.1, 0.15) is 5.56 Å². The van der Waals surface area contributed by atoms with Crippen molar-refractivity contribution in [3.63, 3.8) is 0 Å². The predicted molar refractivity (Wildman–Crippen MR) is 91.6 cm³/mol. The van der Waals surface area contributed by atoms with E-state index in [0.29, 0.717) is 28.5 Å². The van der Waals surface area contributed by atoms with Crippen LogP contribution in [0.25, 0.3) is 0 Å². The number of hydrogen-bond acceptors (Lipinski definition) is 5. The van der Waals surface area contributed by atoms with Gasteiger partial charge in [0.05, 0.1) is 27.8 Å². The number of halogens is 3. The van der Waals surface area contributed by atoms with Gasteiger partial charge in [-0.1, -0.05) is 6.07 Å². The number of alkyl halides is 3. The van der Waals surface area contributed by atoms with Crippen LogP contribution < -0.4 is 24.3 Å². The first-order valence-electron chi connectivity index (χ1n) is 7.71. The fraction of sp³-hybridized carbons (Fsp3) is 0.278. The molecule has 0 aliphatic rings. The number of rotatable bonds is 7. The lowest BCUT2D eigenvalue weighted by Gasteiger charge is -2.15. The number of anilines is 1. The Bertz CT molecular complexity index is 791. The van der Waals surface area contributed by atoms with Gasteiger partial charge < -0.3 is 24.3 Å². The summed E-state index contributed by atoms with van der Waals surface area (Å²) in [6, 6.07) is 8.16. The summed E-state index contributed by atoms with van der Waals surface area (Å²) >= 11 is 0. The van der Waals surface area contributed by atoms with Crippen molar-refractivity contribution in [3.8, 4) is 23.0 Å². The van der Waals surface area contributed by atoms with Crippen molar-refractivity contribution < 1.29 is 36.9 Å². The zero-order chi connectivity index (χ0) is 20.0. The minimum absolute atomic E-state index is 0.0374. The summed E-state index contributed by atoms with van der Waals surface area (Å²) in [5.74, 6) is 0.422. The molecule has 0 atom stereocenters. The average molecular weight is 385 g/mol. The van der Waals surface area contributed by atoms with Crippen LogP contribution >= 0.6 is 0 Å². The normalized spacial score (nSPS) is 10.9. The molecule has 1 N–H and O–H groups in total. The molecule has 0 radical (unpaired) electrons. The van der Waals surface area contributed by atoms with Gasteiger partial charge in [-0.15, -0.1) is 13.2 Å². The summed E-state index contributed by atoms with van der Waals surface area (Å²) < 4.78 is 56.0. The van der Waals surface area contributed by atoms with Crippen molar-refractivity contribution in [3.05, 3.63) is 42.0 Å². The summed E-state index contributed by atoms with van der Waals surface area (Å²) in [4.78, 5) is 12.3. The van der Waals surface area contributed by atoms with Gasteiger partial charge in [0.1, 0.15) is 5.75 Å². The average Bonchev–Trinajstić information content (AvgIpc) is 2.61. The van der Waals surface area contributed by atoms with E-state index in [1.54, 1.807) is 12.1 Å². The summed E-state index contributed by atoms with van der Waals surface area (Å²) in [7, 11) is 4.38. The third-order valence-electron chi connectivity index (χ3n) is 3.51. The van der Waals surface area contributed by atoms with Crippen LogP contribution in [-0.4, -0.2) is 33.6 Å². The second-order valence-corrected chi connectivity index (χ2v) is 5.29. The van der Waals surface area contributed by atoms with Gasteiger partial charge in [0.25, 0.3) is 0 Å². The third kappa shape index (κ3) is 5.44. The largest absolute Gasteiger partial charge is 0.573 e. The minimum atomic E-state index is -4.77. The Labute approximate surface area is 153 Å². The Morgan fingerprint density at radius 2 is 1.56 bits per heavy atom. The van der Waals surface area contributed by atoms with Crippen LogP contribution in [0.3, 0.4) is 0 Å². The van der Waals surface area contributed by atoms with Crippen LogP contribution in [0, 0.1) is 0 Å². The van der Waals surface area contributed by atoms with Gasteiger partial charge in [-0.05, 0) is 30.3 Å². The number of nitrogens with one attached hydrogen (secondary N) is 1. The van der Waals surface area contributed by atoms with Crippen LogP contribution in [0.5, 0.6) is 23.0 Å². The van der Waals surface area contributed by atoms with Gasteiger partial charge in [-0.25, -0.2) is 0 Å². The zero-order valence-electron chi connectivity index (χ0n) is 14.8. The van der Waals surface area contributed by atoms with Gasteiger partial charge >= 0.3 is 6.36 Å². The monoisotopic (exact) mass is 385 g/mol. The maximum Gasteiger partial charge on any atom is 0.573 e. The zero-order valence-corrected chi connectivity index (χ0v) is 14.8. The van der Waals surface area contributed by atoms with Crippen molar-refractivity contribution >= 4 is 11.6 Å². The maximum atomic E-state index is 12.3. The Balaban J connectivity index is 2.10. The van der Waals surface area contributed by atoms with Crippen molar-refractivity contribution in [2.24, 2.45) is 0 Å². The lowest BCUT2D eigenvalue weighted by Crippen LogP contribution is -2.17. The topological polar surface area (TPSA) is 66.0 Å². The van der Waals surface area contributed by atoms with E-state index in [-0.39, 0.29) is 18.1 Å². The number of ether oxygens (including phenoxy) is 4. The van der Waals surface area contributed by atoms with Crippen LogP contribution in [0.4, 0.5) is 18.9 Å². The summed E-state index contributed by atoms with van der Waals surface area (Å²) in [6.45, 7) is 0. The molecule has 1 amide bonds. The minimum Gasteiger partial charge on any atom is -0.493 e. The number of benzene rings is 2. The molecule has 0 aliphatic carbocycles. The highest BCUT2D eigenvalue weighted by molar-refractivity contribution is 5.92. The van der Waals surface area contributed by atoms with E-state index in [9.17, 15) is 18.0 Å². The molecule has 0 bridgehead atoms. The molecule has 2 aromatic carbocycles. The van der Waals surface area contributed by atoms with E-state index >= 15 is 0 Å². The highest BCUT2D eigenvalue weighted by Crippen LogP contribution is 2.40. The molecule has 0 saturated carbocycles. The predicted octanol–water partition coefficient (Wildman–Crippen LogP) is 3.79. The maximum absolute atomic E-state index is 12.3. The first kappa shape index (κ1) is 20.2. The fourth-order valence-corrected chi connectivity index (χ4v) is 2.42. The molecule has 2 aromatic rings. The van der Waals surface area contributed by atoms with E-state index in [0.717, 1.165) is 12.1 Å². The molecule has 0 spiro atoms. The van der Waals surface area contributed by atoms with Gasteiger partial charge in [-0.3, -0.25) is 4.79 Å². The lowest BCUT2D eigenvalue weighted by atomic mass is 10.1. The number of hydrogen-bond donors (Lipinski definition) is 1. The SMILES string of the molecule is COc1ccc(CC(=O)Nc2ccc(OC(F)(F)F)cc2)c(OC)c1OC.